The van der Waals surface area contributed by atoms with Gasteiger partial charge in [0.05, 0.1) is 18.8 Å². The summed E-state index contributed by atoms with van der Waals surface area (Å²) >= 11 is 0. The maximum absolute atomic E-state index is 9.44. The number of ether oxygens (including phenoxy) is 1. The molecule has 0 saturated carbocycles. The Hall–Kier alpha value is -1.61. The molecule has 0 heterocycles. The molecule has 0 radical (unpaired) electrons. The minimum absolute atomic E-state index is 0.0146. The smallest absolute Gasteiger partial charge is 0.174 e. The van der Waals surface area contributed by atoms with E-state index in [0.29, 0.717) is 12.2 Å². The average Bonchev–Trinajstić information content (AvgIpc) is 2.51. The first-order chi connectivity index (χ1) is 9.60. The predicted octanol–water partition coefficient (Wildman–Crippen LogP) is 1.37. The van der Waals surface area contributed by atoms with Crippen molar-refractivity contribution >= 4 is 0 Å². The third-order valence-corrected chi connectivity index (χ3v) is 3.49. The van der Waals surface area contributed by atoms with Crippen molar-refractivity contribution in [1.82, 2.24) is 5.32 Å². The Balaban J connectivity index is 2.72. The molecule has 0 aliphatic rings. The molecule has 1 atom stereocenters. The van der Waals surface area contributed by atoms with Crippen LogP contribution in [0.15, 0.2) is 24.3 Å². The molecule has 20 heavy (non-hydrogen) atoms. The summed E-state index contributed by atoms with van der Waals surface area (Å²) in [5.41, 5.74) is 0.351. The minimum atomic E-state index is -0.671. The monoisotopic (exact) mass is 278 g/mol. The molecule has 0 saturated heterocycles. The second-order valence-electron chi connectivity index (χ2n) is 4.83. The van der Waals surface area contributed by atoms with Gasteiger partial charge < -0.3 is 20.3 Å². The molecule has 0 aliphatic carbocycles. The lowest BCUT2D eigenvalue weighted by Crippen LogP contribution is -2.52. The molecule has 5 nitrogen and oxygen atoms in total. The molecule has 1 unspecified atom stereocenters. The highest BCUT2D eigenvalue weighted by Crippen LogP contribution is 2.21. The van der Waals surface area contributed by atoms with Crippen molar-refractivity contribution in [1.29, 1.82) is 5.26 Å². The molecule has 5 heteroatoms. The highest BCUT2D eigenvalue weighted by molar-refractivity contribution is 5.29. The van der Waals surface area contributed by atoms with Crippen molar-refractivity contribution in [2.75, 3.05) is 19.8 Å². The number of nitrogens with one attached hydrogen (secondary N) is 1. The molecule has 0 bridgehead atoms. The zero-order valence-corrected chi connectivity index (χ0v) is 12.0. The Morgan fingerprint density at radius 1 is 1.30 bits per heavy atom. The number of hydrogen-bond donors (Lipinski definition) is 3. The van der Waals surface area contributed by atoms with Gasteiger partial charge in [-0.05, 0) is 31.0 Å². The Bertz CT molecular complexity index is 427. The van der Waals surface area contributed by atoms with Gasteiger partial charge in [-0.1, -0.05) is 19.1 Å². The molecular formula is C15H22N2O3. The normalized spacial score (nSPS) is 12.8. The van der Waals surface area contributed by atoms with E-state index in [0.717, 1.165) is 5.56 Å². The van der Waals surface area contributed by atoms with Crippen LogP contribution in [0.3, 0.4) is 0 Å². The number of nitriles is 1. The van der Waals surface area contributed by atoms with Crippen LogP contribution in [0, 0.1) is 11.3 Å². The van der Waals surface area contributed by atoms with Gasteiger partial charge in [0.1, 0.15) is 11.8 Å². The first-order valence-corrected chi connectivity index (χ1v) is 6.70. The van der Waals surface area contributed by atoms with Gasteiger partial charge in [-0.15, -0.1) is 0 Å². The number of aliphatic hydroxyl groups is 2. The first kappa shape index (κ1) is 16.4. The lowest BCUT2D eigenvalue weighted by Gasteiger charge is -2.33. The Morgan fingerprint density at radius 3 is 2.35 bits per heavy atom. The lowest BCUT2D eigenvalue weighted by molar-refractivity contribution is 0.0793. The van der Waals surface area contributed by atoms with Crippen LogP contribution < -0.4 is 10.1 Å². The maximum Gasteiger partial charge on any atom is 0.174 e. The highest BCUT2D eigenvalue weighted by Gasteiger charge is 2.28. The zero-order chi connectivity index (χ0) is 15.0. The minimum Gasteiger partial charge on any atom is -0.479 e. The van der Waals surface area contributed by atoms with Crippen molar-refractivity contribution in [3.8, 4) is 11.8 Å². The molecule has 0 fully saturated rings. The van der Waals surface area contributed by atoms with E-state index in [2.05, 4.69) is 5.32 Å². The molecule has 0 amide bonds. The van der Waals surface area contributed by atoms with Crippen LogP contribution >= 0.6 is 0 Å². The Morgan fingerprint density at radius 2 is 1.90 bits per heavy atom. The van der Waals surface area contributed by atoms with E-state index in [-0.39, 0.29) is 25.9 Å². The van der Waals surface area contributed by atoms with Gasteiger partial charge in [-0.3, -0.25) is 0 Å². The average molecular weight is 278 g/mol. The Kier molecular flexibility index (Phi) is 6.46. The van der Waals surface area contributed by atoms with Gasteiger partial charge in [0, 0.05) is 6.04 Å². The van der Waals surface area contributed by atoms with Gasteiger partial charge in [0.15, 0.2) is 6.61 Å². The third-order valence-electron chi connectivity index (χ3n) is 3.49. The third kappa shape index (κ3) is 4.20. The number of aliphatic hydroxyl groups excluding tert-OH is 2. The van der Waals surface area contributed by atoms with Crippen molar-refractivity contribution in [2.45, 2.75) is 31.8 Å². The zero-order valence-electron chi connectivity index (χ0n) is 12.0. The predicted molar refractivity (Wildman–Crippen MR) is 76.3 cm³/mol. The lowest BCUT2D eigenvalue weighted by atomic mass is 9.95. The van der Waals surface area contributed by atoms with Crippen LogP contribution in [-0.4, -0.2) is 35.6 Å². The molecule has 1 aromatic rings. The van der Waals surface area contributed by atoms with Crippen molar-refractivity contribution in [3.63, 3.8) is 0 Å². The molecule has 0 aromatic heterocycles. The van der Waals surface area contributed by atoms with Gasteiger partial charge in [-0.2, -0.15) is 5.26 Å². The van der Waals surface area contributed by atoms with E-state index in [9.17, 15) is 10.2 Å². The SMILES string of the molecule is CCC(CO)(CO)NC(C)c1ccc(OCC#N)cc1. The Labute approximate surface area is 119 Å². The van der Waals surface area contributed by atoms with E-state index < -0.39 is 5.54 Å². The van der Waals surface area contributed by atoms with Gasteiger partial charge in [0.25, 0.3) is 0 Å². The topological polar surface area (TPSA) is 85.5 Å². The second kappa shape index (κ2) is 7.85. The number of hydrogen-bond acceptors (Lipinski definition) is 5. The molecule has 0 aliphatic heterocycles. The first-order valence-electron chi connectivity index (χ1n) is 6.70. The molecule has 3 N–H and O–H groups in total. The van der Waals surface area contributed by atoms with E-state index in [1.165, 1.54) is 0 Å². The summed E-state index contributed by atoms with van der Waals surface area (Å²) in [5, 5.41) is 30.6. The van der Waals surface area contributed by atoms with Crippen LogP contribution in [0.5, 0.6) is 5.75 Å². The molecule has 1 aromatic carbocycles. The van der Waals surface area contributed by atoms with E-state index in [4.69, 9.17) is 10.00 Å². The van der Waals surface area contributed by atoms with Gasteiger partial charge >= 0.3 is 0 Å². The summed E-state index contributed by atoms with van der Waals surface area (Å²) in [4.78, 5) is 0. The summed E-state index contributed by atoms with van der Waals surface area (Å²) in [6.07, 6.45) is 0.633. The second-order valence-corrected chi connectivity index (χ2v) is 4.83. The van der Waals surface area contributed by atoms with Crippen molar-refractivity contribution in [3.05, 3.63) is 29.8 Å². The summed E-state index contributed by atoms with van der Waals surface area (Å²) in [5.74, 6) is 0.647. The summed E-state index contributed by atoms with van der Waals surface area (Å²) in [6.45, 7) is 3.69. The van der Waals surface area contributed by atoms with Gasteiger partial charge in [-0.25, -0.2) is 0 Å². The number of nitrogens with zero attached hydrogens (tertiary/aromatic N) is 1. The van der Waals surface area contributed by atoms with Crippen LogP contribution in [-0.2, 0) is 0 Å². The maximum atomic E-state index is 9.44. The van der Waals surface area contributed by atoms with E-state index >= 15 is 0 Å². The van der Waals surface area contributed by atoms with E-state index in [1.807, 2.05) is 32.0 Å². The quantitative estimate of drug-likeness (QED) is 0.669. The van der Waals surface area contributed by atoms with Crippen LogP contribution in [0.1, 0.15) is 31.9 Å². The van der Waals surface area contributed by atoms with E-state index in [1.54, 1.807) is 12.1 Å². The summed E-state index contributed by atoms with van der Waals surface area (Å²) < 4.78 is 5.19. The number of rotatable bonds is 8. The van der Waals surface area contributed by atoms with Crippen LogP contribution in [0.25, 0.3) is 0 Å². The van der Waals surface area contributed by atoms with Gasteiger partial charge in [0.2, 0.25) is 0 Å². The summed E-state index contributed by atoms with van der Waals surface area (Å²) in [7, 11) is 0. The molecule has 110 valence electrons. The molecule has 0 spiro atoms. The van der Waals surface area contributed by atoms with Crippen molar-refractivity contribution in [2.24, 2.45) is 0 Å². The fraction of sp³-hybridized carbons (Fsp3) is 0.533. The van der Waals surface area contributed by atoms with Crippen LogP contribution in [0.4, 0.5) is 0 Å². The number of benzene rings is 1. The summed E-state index contributed by atoms with van der Waals surface area (Å²) in [6, 6.07) is 9.31. The fourth-order valence-corrected chi connectivity index (χ4v) is 1.98. The molecule has 1 rings (SSSR count). The van der Waals surface area contributed by atoms with Crippen molar-refractivity contribution < 1.29 is 14.9 Å². The largest absolute Gasteiger partial charge is 0.479 e. The highest BCUT2D eigenvalue weighted by atomic mass is 16.5. The standard InChI is InChI=1S/C15H22N2O3/c1-3-15(10-18,11-19)17-12(2)13-4-6-14(7-5-13)20-9-8-16/h4-7,12,17-19H,3,9-11H2,1-2H3. The fourth-order valence-electron chi connectivity index (χ4n) is 1.98. The van der Waals surface area contributed by atoms with Crippen LogP contribution in [0.2, 0.25) is 0 Å². The molecular weight excluding hydrogens is 256 g/mol.